The second kappa shape index (κ2) is 8.84. The maximum atomic E-state index is 12.4. The Bertz CT molecular complexity index is 880. The number of nitrogens with one attached hydrogen (secondary N) is 1. The lowest BCUT2D eigenvalue weighted by molar-refractivity contribution is -0.384. The minimum atomic E-state index is -0.844. The highest BCUT2D eigenvalue weighted by Crippen LogP contribution is 2.27. The van der Waals surface area contributed by atoms with Crippen LogP contribution in [-0.2, 0) is 16.0 Å². The number of anilines is 1. The van der Waals surface area contributed by atoms with E-state index in [9.17, 15) is 19.7 Å². The predicted octanol–water partition coefficient (Wildman–Crippen LogP) is 3.67. The molecule has 2 aromatic carbocycles. The van der Waals surface area contributed by atoms with Crippen molar-refractivity contribution in [2.45, 2.75) is 19.3 Å². The molecule has 28 heavy (non-hydrogen) atoms. The molecule has 0 spiro atoms. The van der Waals surface area contributed by atoms with Crippen LogP contribution in [0.5, 0.6) is 0 Å². The summed E-state index contributed by atoms with van der Waals surface area (Å²) in [4.78, 5) is 36.5. The van der Waals surface area contributed by atoms with Gasteiger partial charge in [-0.15, -0.1) is 0 Å². The molecule has 8 heteroatoms. The monoisotopic (exact) mass is 401 g/mol. The number of halogens is 1. The Balaban J connectivity index is 1.55. The van der Waals surface area contributed by atoms with Gasteiger partial charge in [0.05, 0.1) is 15.6 Å². The Morgan fingerprint density at radius 2 is 1.82 bits per heavy atom. The number of likely N-dealkylation sites (tertiary alicyclic amines) is 1. The molecular weight excluding hydrogens is 382 g/mol. The molecule has 1 N–H and O–H groups in total. The van der Waals surface area contributed by atoms with Crippen molar-refractivity contribution < 1.29 is 14.5 Å². The third-order valence-corrected chi connectivity index (χ3v) is 5.20. The quantitative estimate of drug-likeness (QED) is 0.480. The minimum absolute atomic E-state index is 0.0492. The lowest BCUT2D eigenvalue weighted by Gasteiger charge is -2.31. The van der Waals surface area contributed by atoms with Crippen LogP contribution in [0.1, 0.15) is 18.4 Å². The number of carbonyl (C=O) groups is 2. The van der Waals surface area contributed by atoms with Gasteiger partial charge >= 0.3 is 11.8 Å². The fraction of sp³-hybridized carbons (Fsp3) is 0.300. The van der Waals surface area contributed by atoms with Crippen LogP contribution >= 0.6 is 11.6 Å². The van der Waals surface area contributed by atoms with Crippen molar-refractivity contribution in [1.82, 2.24) is 4.90 Å². The largest absolute Gasteiger partial charge is 0.334 e. The van der Waals surface area contributed by atoms with Crippen molar-refractivity contribution in [3.63, 3.8) is 0 Å². The normalized spacial score (nSPS) is 14.5. The van der Waals surface area contributed by atoms with Crippen LogP contribution in [0.25, 0.3) is 0 Å². The third kappa shape index (κ3) is 4.86. The Kier molecular flexibility index (Phi) is 6.26. The van der Waals surface area contributed by atoms with Gasteiger partial charge in [-0.05, 0) is 36.8 Å². The molecule has 0 atom stereocenters. The SMILES string of the molecule is O=C(Nc1cc([N+](=O)[O-])ccc1Cl)C(=O)N1CCC(Cc2ccccc2)CC1. The second-order valence-corrected chi connectivity index (χ2v) is 7.21. The number of nitro benzene ring substituents is 1. The van der Waals surface area contributed by atoms with Crippen molar-refractivity contribution in [2.24, 2.45) is 5.92 Å². The van der Waals surface area contributed by atoms with Crippen LogP contribution in [0.4, 0.5) is 11.4 Å². The second-order valence-electron chi connectivity index (χ2n) is 6.80. The van der Waals surface area contributed by atoms with Gasteiger partial charge in [-0.2, -0.15) is 0 Å². The predicted molar refractivity (Wildman–Crippen MR) is 106 cm³/mol. The maximum absolute atomic E-state index is 12.4. The van der Waals surface area contributed by atoms with Gasteiger partial charge in [0.25, 0.3) is 5.69 Å². The van der Waals surface area contributed by atoms with E-state index in [4.69, 9.17) is 11.6 Å². The van der Waals surface area contributed by atoms with Crippen LogP contribution < -0.4 is 5.32 Å². The molecule has 2 amide bonds. The molecule has 1 heterocycles. The number of amides is 2. The number of rotatable bonds is 4. The summed E-state index contributed by atoms with van der Waals surface area (Å²) in [5, 5.41) is 13.4. The fourth-order valence-electron chi connectivity index (χ4n) is 3.33. The van der Waals surface area contributed by atoms with E-state index >= 15 is 0 Å². The van der Waals surface area contributed by atoms with E-state index in [2.05, 4.69) is 17.4 Å². The van der Waals surface area contributed by atoms with Gasteiger partial charge in [-0.1, -0.05) is 41.9 Å². The number of nitrogens with zero attached hydrogens (tertiary/aromatic N) is 2. The highest BCUT2D eigenvalue weighted by molar-refractivity contribution is 6.41. The van der Waals surface area contributed by atoms with Gasteiger partial charge < -0.3 is 10.2 Å². The van der Waals surface area contributed by atoms with Crippen LogP contribution in [0.3, 0.4) is 0 Å². The standard InChI is InChI=1S/C20H20ClN3O4/c21-17-7-6-16(24(27)28)13-18(17)22-19(25)20(26)23-10-8-15(9-11-23)12-14-4-2-1-3-5-14/h1-7,13,15H,8-12H2,(H,22,25). The summed E-state index contributed by atoms with van der Waals surface area (Å²) in [7, 11) is 0. The summed E-state index contributed by atoms with van der Waals surface area (Å²) in [6.45, 7) is 1.01. The molecule has 0 unspecified atom stereocenters. The smallest absolute Gasteiger partial charge is 0.313 e. The summed E-state index contributed by atoms with van der Waals surface area (Å²) >= 11 is 5.97. The zero-order chi connectivity index (χ0) is 20.1. The highest BCUT2D eigenvalue weighted by atomic mass is 35.5. The molecule has 2 aromatic rings. The fourth-order valence-corrected chi connectivity index (χ4v) is 3.49. The zero-order valence-corrected chi connectivity index (χ0v) is 15.9. The third-order valence-electron chi connectivity index (χ3n) is 4.87. The van der Waals surface area contributed by atoms with Gasteiger partial charge in [0.1, 0.15) is 0 Å². The molecular formula is C20H20ClN3O4. The number of carbonyl (C=O) groups excluding carboxylic acids is 2. The molecule has 7 nitrogen and oxygen atoms in total. The van der Waals surface area contributed by atoms with Gasteiger partial charge in [-0.25, -0.2) is 0 Å². The summed E-state index contributed by atoms with van der Waals surface area (Å²) in [6.07, 6.45) is 2.61. The maximum Gasteiger partial charge on any atom is 0.313 e. The molecule has 0 radical (unpaired) electrons. The number of non-ortho nitro benzene ring substituents is 1. The first-order valence-corrected chi connectivity index (χ1v) is 9.40. The van der Waals surface area contributed by atoms with E-state index in [-0.39, 0.29) is 16.4 Å². The Morgan fingerprint density at radius 1 is 1.14 bits per heavy atom. The van der Waals surface area contributed by atoms with E-state index in [0.717, 1.165) is 25.3 Å². The first kappa shape index (κ1) is 19.8. The van der Waals surface area contributed by atoms with Crippen LogP contribution in [-0.4, -0.2) is 34.7 Å². The molecule has 1 saturated heterocycles. The summed E-state index contributed by atoms with van der Waals surface area (Å²) in [5.41, 5.74) is 1.10. The van der Waals surface area contributed by atoms with E-state index in [1.165, 1.54) is 22.6 Å². The Hall–Kier alpha value is -2.93. The zero-order valence-electron chi connectivity index (χ0n) is 15.1. The van der Waals surface area contributed by atoms with E-state index in [1.807, 2.05) is 18.2 Å². The van der Waals surface area contributed by atoms with Crippen molar-refractivity contribution in [2.75, 3.05) is 18.4 Å². The molecule has 0 aromatic heterocycles. The average molecular weight is 402 g/mol. The van der Waals surface area contributed by atoms with Crippen molar-refractivity contribution in [3.05, 3.63) is 69.2 Å². The molecule has 1 fully saturated rings. The van der Waals surface area contributed by atoms with Crippen LogP contribution in [0.15, 0.2) is 48.5 Å². The van der Waals surface area contributed by atoms with E-state index in [0.29, 0.717) is 19.0 Å². The highest BCUT2D eigenvalue weighted by Gasteiger charge is 2.27. The lowest BCUT2D eigenvalue weighted by atomic mass is 9.90. The summed E-state index contributed by atoms with van der Waals surface area (Å²) in [5.74, 6) is -1.02. The van der Waals surface area contributed by atoms with Crippen molar-refractivity contribution >= 4 is 34.8 Å². The Morgan fingerprint density at radius 3 is 2.46 bits per heavy atom. The molecule has 1 aliphatic rings. The molecule has 0 saturated carbocycles. The first-order valence-electron chi connectivity index (χ1n) is 9.02. The molecule has 0 bridgehead atoms. The van der Waals surface area contributed by atoms with Gasteiger partial charge in [0.2, 0.25) is 0 Å². The van der Waals surface area contributed by atoms with Crippen LogP contribution in [0.2, 0.25) is 5.02 Å². The summed E-state index contributed by atoms with van der Waals surface area (Å²) in [6, 6.07) is 13.9. The molecule has 146 valence electrons. The first-order chi connectivity index (χ1) is 13.4. The van der Waals surface area contributed by atoms with Crippen LogP contribution in [0, 0.1) is 16.0 Å². The van der Waals surface area contributed by atoms with Gasteiger partial charge in [0.15, 0.2) is 0 Å². The van der Waals surface area contributed by atoms with Gasteiger partial charge in [0, 0.05) is 25.2 Å². The number of benzene rings is 2. The number of nitro groups is 1. The van der Waals surface area contributed by atoms with E-state index < -0.39 is 16.7 Å². The number of hydrogen-bond acceptors (Lipinski definition) is 4. The van der Waals surface area contributed by atoms with Crippen molar-refractivity contribution in [3.8, 4) is 0 Å². The average Bonchev–Trinajstić information content (AvgIpc) is 2.70. The lowest BCUT2D eigenvalue weighted by Crippen LogP contribution is -2.44. The van der Waals surface area contributed by atoms with Crippen molar-refractivity contribution in [1.29, 1.82) is 0 Å². The van der Waals surface area contributed by atoms with Gasteiger partial charge in [-0.3, -0.25) is 19.7 Å². The number of hydrogen-bond donors (Lipinski definition) is 1. The number of piperidine rings is 1. The minimum Gasteiger partial charge on any atom is -0.334 e. The Labute approximate surface area is 167 Å². The molecule has 1 aliphatic heterocycles. The molecule has 3 rings (SSSR count). The van der Waals surface area contributed by atoms with E-state index in [1.54, 1.807) is 0 Å². The topological polar surface area (TPSA) is 92.5 Å². The summed E-state index contributed by atoms with van der Waals surface area (Å²) < 4.78 is 0. The molecule has 0 aliphatic carbocycles.